The number of rotatable bonds is 10. The van der Waals surface area contributed by atoms with Crippen LogP contribution >= 0.6 is 11.3 Å². The van der Waals surface area contributed by atoms with E-state index in [-0.39, 0.29) is 17.4 Å². The molecule has 25 heavy (non-hydrogen) atoms. The van der Waals surface area contributed by atoms with Crippen LogP contribution in [0.1, 0.15) is 19.8 Å². The maximum absolute atomic E-state index is 11.8. The van der Waals surface area contributed by atoms with Crippen molar-refractivity contribution in [2.45, 2.75) is 24.7 Å². The summed E-state index contributed by atoms with van der Waals surface area (Å²) in [5, 5.41) is 3.06. The zero-order chi connectivity index (χ0) is 18.3. The number of nitrogens with zero attached hydrogens (tertiary/aromatic N) is 1. The van der Waals surface area contributed by atoms with Gasteiger partial charge in [-0.15, -0.1) is 0 Å². The first-order chi connectivity index (χ1) is 11.9. The van der Waals surface area contributed by atoms with Crippen molar-refractivity contribution in [3.8, 4) is 0 Å². The smallest absolute Gasteiger partial charge is 0.252 e. The van der Waals surface area contributed by atoms with Gasteiger partial charge in [0.1, 0.15) is 6.61 Å². The predicted octanol–water partition coefficient (Wildman–Crippen LogP) is 2.47. The van der Waals surface area contributed by atoms with E-state index in [1.807, 2.05) is 0 Å². The molecule has 0 atom stereocenters. The number of carbonyl (C=O) groups is 1. The van der Waals surface area contributed by atoms with E-state index in [9.17, 15) is 13.2 Å². The van der Waals surface area contributed by atoms with Crippen molar-refractivity contribution in [2.75, 3.05) is 38.0 Å². The Balaban J connectivity index is 1.83. The topological polar surface area (TPSA) is 94.6 Å². The lowest BCUT2D eigenvalue weighted by Crippen LogP contribution is -2.19. The van der Waals surface area contributed by atoms with Crippen molar-refractivity contribution in [3.63, 3.8) is 0 Å². The lowest BCUT2D eigenvalue weighted by Gasteiger charge is -2.05. The van der Waals surface area contributed by atoms with Gasteiger partial charge in [0, 0.05) is 12.9 Å². The fourth-order valence-electron chi connectivity index (χ4n) is 1.98. The Hall–Kier alpha value is -1.55. The van der Waals surface area contributed by atoms with Crippen LogP contribution in [0.25, 0.3) is 10.2 Å². The number of amides is 1. The van der Waals surface area contributed by atoms with E-state index in [1.165, 1.54) is 17.4 Å². The van der Waals surface area contributed by atoms with Crippen LogP contribution in [0.4, 0.5) is 5.13 Å². The van der Waals surface area contributed by atoms with Gasteiger partial charge < -0.3 is 9.47 Å². The van der Waals surface area contributed by atoms with Crippen LogP contribution in [0, 0.1) is 0 Å². The Morgan fingerprint density at radius 3 is 2.72 bits per heavy atom. The Bertz CT molecular complexity index is 817. The molecule has 1 N–H and O–H groups in total. The lowest BCUT2D eigenvalue weighted by molar-refractivity contribution is -0.121. The van der Waals surface area contributed by atoms with Crippen molar-refractivity contribution >= 4 is 42.4 Å². The van der Waals surface area contributed by atoms with Crippen molar-refractivity contribution in [3.05, 3.63) is 18.2 Å². The summed E-state index contributed by atoms with van der Waals surface area (Å²) < 4.78 is 34.4. The van der Waals surface area contributed by atoms with Crippen molar-refractivity contribution in [1.82, 2.24) is 4.98 Å². The number of fused-ring (bicyclic) bond motifs is 1. The average Bonchev–Trinajstić information content (AvgIpc) is 2.94. The molecule has 138 valence electrons. The molecule has 1 aromatic heterocycles. The molecule has 1 aromatic carbocycles. The minimum atomic E-state index is -3.27. The molecule has 0 saturated carbocycles. The van der Waals surface area contributed by atoms with E-state index in [1.54, 1.807) is 12.1 Å². The van der Waals surface area contributed by atoms with Gasteiger partial charge in [-0.25, -0.2) is 13.4 Å². The van der Waals surface area contributed by atoms with Gasteiger partial charge in [0.2, 0.25) is 0 Å². The molecule has 0 unspecified atom stereocenters. The van der Waals surface area contributed by atoms with Crippen LogP contribution in [0.5, 0.6) is 0 Å². The van der Waals surface area contributed by atoms with Crippen LogP contribution in [0.2, 0.25) is 0 Å². The molecular weight excluding hydrogens is 364 g/mol. The fourth-order valence-corrected chi connectivity index (χ4v) is 3.62. The molecule has 0 aliphatic carbocycles. The summed E-state index contributed by atoms with van der Waals surface area (Å²) in [5.41, 5.74) is 0.637. The summed E-state index contributed by atoms with van der Waals surface area (Å²) in [6.07, 6.45) is 3.25. The molecule has 0 saturated heterocycles. The van der Waals surface area contributed by atoms with Crippen molar-refractivity contribution in [2.24, 2.45) is 0 Å². The molecule has 2 aromatic rings. The van der Waals surface area contributed by atoms with Gasteiger partial charge in [0.15, 0.2) is 15.0 Å². The second-order valence-corrected chi connectivity index (χ2v) is 8.53. The van der Waals surface area contributed by atoms with Gasteiger partial charge in [-0.2, -0.15) is 0 Å². The van der Waals surface area contributed by atoms with Crippen molar-refractivity contribution in [1.29, 1.82) is 0 Å². The average molecular weight is 386 g/mol. The number of ether oxygens (including phenoxy) is 2. The third-order valence-electron chi connectivity index (χ3n) is 3.28. The first kappa shape index (κ1) is 19.8. The Morgan fingerprint density at radius 1 is 1.24 bits per heavy atom. The van der Waals surface area contributed by atoms with E-state index >= 15 is 0 Å². The Morgan fingerprint density at radius 2 is 2.00 bits per heavy atom. The van der Waals surface area contributed by atoms with Gasteiger partial charge in [0.25, 0.3) is 5.91 Å². The highest BCUT2D eigenvalue weighted by atomic mass is 32.2. The third-order valence-corrected chi connectivity index (χ3v) is 5.33. The molecule has 2 rings (SSSR count). The molecule has 1 amide bonds. The molecule has 9 heteroatoms. The van der Waals surface area contributed by atoms with E-state index in [0.29, 0.717) is 35.2 Å². The molecule has 0 aliphatic heterocycles. The minimum absolute atomic E-state index is 0.0817. The summed E-state index contributed by atoms with van der Waals surface area (Å²) >= 11 is 1.22. The van der Waals surface area contributed by atoms with E-state index < -0.39 is 9.84 Å². The highest BCUT2D eigenvalue weighted by molar-refractivity contribution is 7.90. The largest absolute Gasteiger partial charge is 0.379 e. The fraction of sp³-hybridized carbons (Fsp3) is 0.500. The lowest BCUT2D eigenvalue weighted by atomic mass is 10.3. The molecule has 0 fully saturated rings. The van der Waals surface area contributed by atoms with Gasteiger partial charge in [-0.05, 0) is 24.6 Å². The number of aromatic nitrogens is 1. The number of nitrogens with one attached hydrogen (secondary N) is 1. The number of anilines is 1. The SMILES string of the molecule is CCCCOCCOCC(=O)Nc1nc2ccc(S(C)(=O)=O)cc2s1. The zero-order valence-corrected chi connectivity index (χ0v) is 15.9. The maximum Gasteiger partial charge on any atom is 0.252 e. The molecule has 0 spiro atoms. The number of unbranched alkanes of at least 4 members (excludes halogenated alkanes) is 1. The standard InChI is InChI=1S/C16H22N2O5S2/c1-3-4-7-22-8-9-23-11-15(19)18-16-17-13-6-5-12(25(2,20)21)10-14(13)24-16/h5-6,10H,3-4,7-9,11H2,1-2H3,(H,17,18,19). The summed E-state index contributed by atoms with van der Waals surface area (Å²) in [7, 11) is -3.27. The summed E-state index contributed by atoms with van der Waals surface area (Å²) in [6.45, 7) is 3.53. The highest BCUT2D eigenvalue weighted by Gasteiger charge is 2.12. The molecule has 0 radical (unpaired) electrons. The maximum atomic E-state index is 11.8. The molecular formula is C16H22N2O5S2. The van der Waals surface area contributed by atoms with Crippen LogP contribution < -0.4 is 5.32 Å². The van der Waals surface area contributed by atoms with Crippen LogP contribution in [0.3, 0.4) is 0 Å². The molecule has 7 nitrogen and oxygen atoms in total. The highest BCUT2D eigenvalue weighted by Crippen LogP contribution is 2.28. The van der Waals surface area contributed by atoms with Gasteiger partial charge in [-0.3, -0.25) is 10.1 Å². The van der Waals surface area contributed by atoms with E-state index in [0.717, 1.165) is 19.1 Å². The number of benzene rings is 1. The van der Waals surface area contributed by atoms with Crippen molar-refractivity contribution < 1.29 is 22.7 Å². The van der Waals surface area contributed by atoms with Gasteiger partial charge in [0.05, 0.1) is 28.3 Å². The number of hydrogen-bond donors (Lipinski definition) is 1. The van der Waals surface area contributed by atoms with E-state index in [2.05, 4.69) is 17.2 Å². The van der Waals surface area contributed by atoms with Crippen LogP contribution in [-0.2, 0) is 24.1 Å². The summed E-state index contributed by atoms with van der Waals surface area (Å²) in [5.74, 6) is -0.309. The molecule has 0 aliphatic rings. The zero-order valence-electron chi connectivity index (χ0n) is 14.3. The van der Waals surface area contributed by atoms with Gasteiger partial charge in [-0.1, -0.05) is 24.7 Å². The Kier molecular flexibility index (Phi) is 7.30. The van der Waals surface area contributed by atoms with Gasteiger partial charge >= 0.3 is 0 Å². The Labute approximate surface area is 151 Å². The third kappa shape index (κ3) is 6.35. The number of sulfone groups is 1. The van der Waals surface area contributed by atoms with Crippen LogP contribution in [0.15, 0.2) is 23.1 Å². The summed E-state index contributed by atoms with van der Waals surface area (Å²) in [6, 6.07) is 4.69. The number of hydrogen-bond acceptors (Lipinski definition) is 7. The first-order valence-corrected chi connectivity index (χ1v) is 10.7. The van der Waals surface area contributed by atoms with Crippen LogP contribution in [-0.4, -0.2) is 52.0 Å². The number of carbonyl (C=O) groups excluding carboxylic acids is 1. The summed E-state index contributed by atoms with van der Waals surface area (Å²) in [4.78, 5) is 16.3. The second kappa shape index (κ2) is 9.23. The monoisotopic (exact) mass is 386 g/mol. The molecule has 1 heterocycles. The number of thiazole rings is 1. The first-order valence-electron chi connectivity index (χ1n) is 7.96. The quantitative estimate of drug-likeness (QED) is 0.631. The minimum Gasteiger partial charge on any atom is -0.379 e. The normalized spacial score (nSPS) is 11.8. The second-order valence-electron chi connectivity index (χ2n) is 5.49. The predicted molar refractivity (Wildman–Crippen MR) is 97.9 cm³/mol. The van der Waals surface area contributed by atoms with E-state index in [4.69, 9.17) is 9.47 Å². The molecule has 0 bridgehead atoms.